The van der Waals surface area contributed by atoms with E-state index in [0.29, 0.717) is 17.5 Å². The number of hydrogen-bond acceptors (Lipinski definition) is 3. The van der Waals surface area contributed by atoms with Gasteiger partial charge in [0.2, 0.25) is 0 Å². The zero-order valence-corrected chi connectivity index (χ0v) is 8.03. The van der Waals surface area contributed by atoms with E-state index in [9.17, 15) is 9.90 Å². The van der Waals surface area contributed by atoms with Crippen molar-refractivity contribution in [2.24, 2.45) is 0 Å². The van der Waals surface area contributed by atoms with Crippen LogP contribution in [0.2, 0.25) is 0 Å². The number of amides is 1. The first-order valence-electron chi connectivity index (χ1n) is 4.70. The van der Waals surface area contributed by atoms with Crippen LogP contribution in [0.15, 0.2) is 18.2 Å². The molecule has 1 aromatic rings. The monoisotopic (exact) mass is 202 g/mol. The highest BCUT2D eigenvalue weighted by molar-refractivity contribution is 5.96. The molecule has 4 nitrogen and oxygen atoms in total. The quantitative estimate of drug-likeness (QED) is 0.631. The Balaban J connectivity index is 2.49. The van der Waals surface area contributed by atoms with E-state index in [4.69, 9.17) is 5.26 Å². The molecular weight excluding hydrogens is 192 g/mol. The Morgan fingerprint density at radius 1 is 1.53 bits per heavy atom. The second kappa shape index (κ2) is 3.71. The molecule has 15 heavy (non-hydrogen) atoms. The van der Waals surface area contributed by atoms with Crippen LogP contribution in [-0.4, -0.2) is 23.7 Å². The highest BCUT2D eigenvalue weighted by Crippen LogP contribution is 2.16. The number of nitriles is 1. The van der Waals surface area contributed by atoms with E-state index in [1.165, 1.54) is 0 Å². The number of aliphatic hydroxyl groups excluding tert-OH is 1. The van der Waals surface area contributed by atoms with E-state index in [0.717, 1.165) is 5.56 Å². The molecule has 0 aliphatic carbocycles. The average molecular weight is 202 g/mol. The number of carbonyl (C=O) groups is 1. The van der Waals surface area contributed by atoms with Crippen molar-refractivity contribution in [1.29, 1.82) is 5.26 Å². The van der Waals surface area contributed by atoms with Crippen molar-refractivity contribution in [3.8, 4) is 6.07 Å². The lowest BCUT2D eigenvalue weighted by atomic mass is 10.0. The Morgan fingerprint density at radius 2 is 2.33 bits per heavy atom. The molecule has 76 valence electrons. The minimum Gasteiger partial charge on any atom is -0.391 e. The summed E-state index contributed by atoms with van der Waals surface area (Å²) in [5.41, 5.74) is 1.74. The van der Waals surface area contributed by atoms with Crippen LogP contribution in [0.1, 0.15) is 21.5 Å². The standard InChI is InChI=1S/C11H10N2O2/c12-5-7-1-2-8-4-9(14)6-13-11(15)10(8)3-7/h1-3,9,14H,4,6H2,(H,13,15). The highest BCUT2D eigenvalue weighted by atomic mass is 16.3. The van der Waals surface area contributed by atoms with Gasteiger partial charge in [-0.1, -0.05) is 6.07 Å². The van der Waals surface area contributed by atoms with Crippen LogP contribution in [0.3, 0.4) is 0 Å². The van der Waals surface area contributed by atoms with Gasteiger partial charge in [-0.05, 0) is 17.7 Å². The molecule has 0 fully saturated rings. The summed E-state index contributed by atoms with van der Waals surface area (Å²) >= 11 is 0. The van der Waals surface area contributed by atoms with Gasteiger partial charge in [0.05, 0.1) is 17.7 Å². The molecule has 2 rings (SSSR count). The van der Waals surface area contributed by atoms with Crippen LogP contribution in [0, 0.1) is 11.3 Å². The number of β-amino-alcohol motifs (C(OH)–C–C–N with tert-alkyl or cyclic N) is 1. The average Bonchev–Trinajstić information content (AvgIpc) is 2.39. The van der Waals surface area contributed by atoms with Gasteiger partial charge in [0.1, 0.15) is 0 Å². The van der Waals surface area contributed by atoms with Crippen molar-refractivity contribution in [3.05, 3.63) is 34.9 Å². The molecule has 1 aromatic carbocycles. The molecule has 1 aliphatic rings. The van der Waals surface area contributed by atoms with Crippen molar-refractivity contribution < 1.29 is 9.90 Å². The maximum Gasteiger partial charge on any atom is 0.251 e. The molecule has 0 bridgehead atoms. The molecule has 1 amide bonds. The van der Waals surface area contributed by atoms with Crippen LogP contribution in [-0.2, 0) is 6.42 Å². The van der Waals surface area contributed by atoms with Crippen LogP contribution in [0.25, 0.3) is 0 Å². The molecule has 1 heterocycles. The Morgan fingerprint density at radius 3 is 3.07 bits per heavy atom. The highest BCUT2D eigenvalue weighted by Gasteiger charge is 2.19. The number of benzene rings is 1. The first-order chi connectivity index (χ1) is 7.20. The predicted molar refractivity (Wildman–Crippen MR) is 53.2 cm³/mol. The van der Waals surface area contributed by atoms with Gasteiger partial charge in [-0.3, -0.25) is 4.79 Å². The van der Waals surface area contributed by atoms with Crippen LogP contribution < -0.4 is 5.32 Å². The lowest BCUT2D eigenvalue weighted by Gasteiger charge is -2.05. The maximum atomic E-state index is 11.6. The first kappa shape index (κ1) is 9.69. The van der Waals surface area contributed by atoms with E-state index in [1.807, 2.05) is 6.07 Å². The molecule has 0 saturated carbocycles. The number of carbonyl (C=O) groups excluding carboxylic acids is 1. The summed E-state index contributed by atoms with van der Waals surface area (Å²) < 4.78 is 0. The summed E-state index contributed by atoms with van der Waals surface area (Å²) in [6.45, 7) is 0.259. The van der Waals surface area contributed by atoms with Gasteiger partial charge in [-0.25, -0.2) is 0 Å². The Bertz CT molecular complexity index is 448. The fourth-order valence-electron chi connectivity index (χ4n) is 1.67. The van der Waals surface area contributed by atoms with Crippen LogP contribution in [0.5, 0.6) is 0 Å². The fraction of sp³-hybridized carbons (Fsp3) is 0.273. The number of aliphatic hydroxyl groups is 1. The summed E-state index contributed by atoms with van der Waals surface area (Å²) in [6.07, 6.45) is -0.108. The lowest BCUT2D eigenvalue weighted by Crippen LogP contribution is -2.29. The van der Waals surface area contributed by atoms with Crippen LogP contribution >= 0.6 is 0 Å². The largest absolute Gasteiger partial charge is 0.391 e. The minimum absolute atomic E-state index is 0.223. The fourth-order valence-corrected chi connectivity index (χ4v) is 1.67. The lowest BCUT2D eigenvalue weighted by molar-refractivity contribution is 0.0931. The third kappa shape index (κ3) is 1.83. The van der Waals surface area contributed by atoms with E-state index in [1.54, 1.807) is 18.2 Å². The molecule has 0 radical (unpaired) electrons. The van der Waals surface area contributed by atoms with E-state index < -0.39 is 6.10 Å². The zero-order chi connectivity index (χ0) is 10.8. The Labute approximate surface area is 87.1 Å². The zero-order valence-electron chi connectivity index (χ0n) is 8.03. The summed E-state index contributed by atoms with van der Waals surface area (Å²) in [4.78, 5) is 11.6. The van der Waals surface area contributed by atoms with Crippen molar-refractivity contribution >= 4 is 5.91 Å². The van der Waals surface area contributed by atoms with Crippen molar-refractivity contribution in [2.45, 2.75) is 12.5 Å². The van der Waals surface area contributed by atoms with E-state index in [2.05, 4.69) is 5.32 Å². The maximum absolute atomic E-state index is 11.6. The predicted octanol–water partition coefficient (Wildman–Crippen LogP) is 0.205. The van der Waals surface area contributed by atoms with Crippen molar-refractivity contribution in [3.63, 3.8) is 0 Å². The molecule has 0 aromatic heterocycles. The number of hydrogen-bond donors (Lipinski definition) is 2. The summed E-state index contributed by atoms with van der Waals surface area (Å²) in [7, 11) is 0. The minimum atomic E-state index is -0.553. The topological polar surface area (TPSA) is 73.1 Å². The van der Waals surface area contributed by atoms with Gasteiger partial charge in [-0.2, -0.15) is 5.26 Å². The molecule has 1 aliphatic heterocycles. The molecule has 1 unspecified atom stereocenters. The number of nitrogens with one attached hydrogen (secondary N) is 1. The molecule has 2 N–H and O–H groups in total. The van der Waals surface area contributed by atoms with Crippen LogP contribution in [0.4, 0.5) is 0 Å². The van der Waals surface area contributed by atoms with E-state index >= 15 is 0 Å². The van der Waals surface area contributed by atoms with Gasteiger partial charge in [-0.15, -0.1) is 0 Å². The normalized spacial score (nSPS) is 19.7. The van der Waals surface area contributed by atoms with Gasteiger partial charge < -0.3 is 10.4 Å². The van der Waals surface area contributed by atoms with Gasteiger partial charge in [0, 0.05) is 18.5 Å². The van der Waals surface area contributed by atoms with Gasteiger partial charge in [0.25, 0.3) is 5.91 Å². The smallest absolute Gasteiger partial charge is 0.251 e. The number of nitrogens with zero attached hydrogens (tertiary/aromatic N) is 1. The summed E-state index contributed by atoms with van der Waals surface area (Å²) in [6, 6.07) is 6.93. The molecular formula is C11H10N2O2. The second-order valence-corrected chi connectivity index (χ2v) is 3.55. The Hall–Kier alpha value is -1.86. The van der Waals surface area contributed by atoms with Gasteiger partial charge >= 0.3 is 0 Å². The van der Waals surface area contributed by atoms with E-state index in [-0.39, 0.29) is 12.5 Å². The SMILES string of the molecule is N#Cc1ccc2c(c1)C(=O)NCC(O)C2. The number of fused-ring (bicyclic) bond motifs is 1. The van der Waals surface area contributed by atoms with Gasteiger partial charge in [0.15, 0.2) is 0 Å². The Kier molecular flexibility index (Phi) is 2.40. The molecule has 0 saturated heterocycles. The van der Waals surface area contributed by atoms with Crippen molar-refractivity contribution in [1.82, 2.24) is 5.32 Å². The number of rotatable bonds is 0. The van der Waals surface area contributed by atoms with Crippen molar-refractivity contribution in [2.75, 3.05) is 6.54 Å². The third-order valence-corrected chi connectivity index (χ3v) is 2.44. The molecule has 0 spiro atoms. The molecule has 1 atom stereocenters. The third-order valence-electron chi connectivity index (χ3n) is 2.44. The second-order valence-electron chi connectivity index (χ2n) is 3.55. The summed E-state index contributed by atoms with van der Waals surface area (Å²) in [5, 5.41) is 20.8. The summed E-state index contributed by atoms with van der Waals surface area (Å²) in [5.74, 6) is -0.223. The molecule has 4 heteroatoms. The first-order valence-corrected chi connectivity index (χ1v) is 4.70.